The van der Waals surface area contributed by atoms with Crippen LogP contribution in [-0.4, -0.2) is 51.0 Å². The van der Waals surface area contributed by atoms with Crippen LogP contribution in [0.25, 0.3) is 0 Å². The minimum Gasteiger partial charge on any atom is -0.357 e. The Hall–Kier alpha value is -2.00. The van der Waals surface area contributed by atoms with Gasteiger partial charge in [0.15, 0.2) is 0 Å². The van der Waals surface area contributed by atoms with Gasteiger partial charge in [-0.2, -0.15) is 0 Å². The number of benzene rings is 2. The lowest BCUT2D eigenvalue weighted by molar-refractivity contribution is -0.139. The summed E-state index contributed by atoms with van der Waals surface area (Å²) in [6.45, 7) is 1.07. The number of hydrogen-bond acceptors (Lipinski definition) is 4. The van der Waals surface area contributed by atoms with Crippen molar-refractivity contribution >= 4 is 62.3 Å². The van der Waals surface area contributed by atoms with Gasteiger partial charge in [0.2, 0.25) is 21.8 Å². The van der Waals surface area contributed by atoms with E-state index in [4.69, 9.17) is 34.8 Å². The first-order valence-electron chi connectivity index (χ1n) is 9.12. The van der Waals surface area contributed by atoms with E-state index < -0.39 is 34.4 Å². The summed E-state index contributed by atoms with van der Waals surface area (Å²) in [4.78, 5) is 26.8. The molecule has 1 unspecified atom stereocenters. The van der Waals surface area contributed by atoms with Crippen molar-refractivity contribution in [2.24, 2.45) is 0 Å². The number of halogens is 3. The lowest BCUT2D eigenvalue weighted by Crippen LogP contribution is -2.50. The quantitative estimate of drug-likeness (QED) is 0.593. The van der Waals surface area contributed by atoms with Crippen LogP contribution < -0.4 is 9.62 Å². The maximum atomic E-state index is 13.2. The number of sulfonamides is 1. The zero-order valence-corrected chi connectivity index (χ0v) is 20.2. The molecule has 1 atom stereocenters. The third kappa shape index (κ3) is 6.74. The van der Waals surface area contributed by atoms with Crippen molar-refractivity contribution in [3.8, 4) is 0 Å². The molecule has 0 bridgehead atoms. The van der Waals surface area contributed by atoms with Crippen LogP contribution in [0, 0.1) is 0 Å². The molecule has 0 saturated carbocycles. The number of anilines is 1. The SMILES string of the molecule is CNC(=O)C(C)N(Cc1ccc(Cl)c(Cl)c1)C(=O)CN(c1cccc(Cl)c1)S(C)(=O)=O. The summed E-state index contributed by atoms with van der Waals surface area (Å²) >= 11 is 18.0. The molecule has 31 heavy (non-hydrogen) atoms. The number of carbonyl (C=O) groups is 2. The van der Waals surface area contributed by atoms with Crippen LogP contribution in [0.3, 0.4) is 0 Å². The minimum absolute atomic E-state index is 0.0253. The third-order valence-electron chi connectivity index (χ3n) is 4.53. The second kappa shape index (κ2) is 10.5. The van der Waals surface area contributed by atoms with Crippen LogP contribution in [0.4, 0.5) is 5.69 Å². The van der Waals surface area contributed by atoms with Gasteiger partial charge in [-0.05, 0) is 42.8 Å². The van der Waals surface area contributed by atoms with Crippen molar-refractivity contribution in [1.82, 2.24) is 10.2 Å². The third-order valence-corrected chi connectivity index (χ3v) is 6.64. The fourth-order valence-corrected chi connectivity index (χ4v) is 4.22. The van der Waals surface area contributed by atoms with E-state index in [0.717, 1.165) is 10.6 Å². The molecule has 168 valence electrons. The summed E-state index contributed by atoms with van der Waals surface area (Å²) in [6.07, 6.45) is 0.993. The average molecular weight is 507 g/mol. The highest BCUT2D eigenvalue weighted by atomic mass is 35.5. The van der Waals surface area contributed by atoms with Crippen molar-refractivity contribution in [2.45, 2.75) is 19.5 Å². The molecule has 0 aromatic heterocycles. The Bertz CT molecular complexity index is 1080. The standard InChI is InChI=1S/C20H22Cl3N3O4S/c1-13(20(28)24-2)25(11-14-7-8-17(22)18(23)9-14)19(27)12-26(31(3,29)30)16-6-4-5-15(21)10-16/h4-10,13H,11-12H2,1-3H3,(H,24,28). The average Bonchev–Trinajstić information content (AvgIpc) is 2.70. The first-order chi connectivity index (χ1) is 14.4. The second-order valence-electron chi connectivity index (χ2n) is 6.81. The summed E-state index contributed by atoms with van der Waals surface area (Å²) in [5.74, 6) is -0.977. The van der Waals surface area contributed by atoms with E-state index in [2.05, 4.69) is 5.32 Å². The molecule has 0 saturated heterocycles. The number of hydrogen-bond donors (Lipinski definition) is 1. The van der Waals surface area contributed by atoms with E-state index in [1.807, 2.05) is 0 Å². The van der Waals surface area contributed by atoms with Crippen LogP contribution in [0.15, 0.2) is 42.5 Å². The van der Waals surface area contributed by atoms with Crippen LogP contribution in [0.1, 0.15) is 12.5 Å². The number of carbonyl (C=O) groups excluding carboxylic acids is 2. The van der Waals surface area contributed by atoms with Gasteiger partial charge in [-0.1, -0.05) is 46.9 Å². The second-order valence-corrected chi connectivity index (χ2v) is 9.97. The predicted octanol–water partition coefficient (Wildman–Crippen LogP) is 3.58. The van der Waals surface area contributed by atoms with Crippen molar-refractivity contribution in [1.29, 1.82) is 0 Å². The topological polar surface area (TPSA) is 86.8 Å². The van der Waals surface area contributed by atoms with Gasteiger partial charge in [0, 0.05) is 18.6 Å². The van der Waals surface area contributed by atoms with Gasteiger partial charge in [0.25, 0.3) is 0 Å². The molecule has 0 aliphatic heterocycles. The van der Waals surface area contributed by atoms with Crippen molar-refractivity contribution in [2.75, 3.05) is 24.2 Å². The van der Waals surface area contributed by atoms with Crippen molar-refractivity contribution in [3.63, 3.8) is 0 Å². The molecule has 0 heterocycles. The molecule has 0 radical (unpaired) electrons. The van der Waals surface area contributed by atoms with Crippen LogP contribution >= 0.6 is 34.8 Å². The summed E-state index contributed by atoms with van der Waals surface area (Å²) in [7, 11) is -2.36. The van der Waals surface area contributed by atoms with Gasteiger partial charge >= 0.3 is 0 Å². The monoisotopic (exact) mass is 505 g/mol. The first-order valence-corrected chi connectivity index (χ1v) is 12.1. The highest BCUT2D eigenvalue weighted by Crippen LogP contribution is 2.25. The molecule has 2 aromatic carbocycles. The fraction of sp³-hybridized carbons (Fsp3) is 0.300. The molecule has 2 amide bonds. The largest absolute Gasteiger partial charge is 0.357 e. The van der Waals surface area contributed by atoms with Crippen LogP contribution in [-0.2, 0) is 26.2 Å². The van der Waals surface area contributed by atoms with E-state index in [9.17, 15) is 18.0 Å². The van der Waals surface area contributed by atoms with E-state index in [1.165, 1.54) is 24.1 Å². The molecular weight excluding hydrogens is 485 g/mol. The summed E-state index contributed by atoms with van der Waals surface area (Å²) in [5, 5.41) is 3.48. The molecule has 0 aliphatic carbocycles. The van der Waals surface area contributed by atoms with Crippen LogP contribution in [0.5, 0.6) is 0 Å². The molecule has 1 N–H and O–H groups in total. The molecule has 0 aliphatic rings. The summed E-state index contributed by atoms with van der Waals surface area (Å²) < 4.78 is 25.7. The minimum atomic E-state index is -3.81. The highest BCUT2D eigenvalue weighted by molar-refractivity contribution is 7.92. The Morgan fingerprint density at radius 3 is 2.29 bits per heavy atom. The maximum Gasteiger partial charge on any atom is 0.244 e. The lowest BCUT2D eigenvalue weighted by atomic mass is 10.1. The number of amides is 2. The Morgan fingerprint density at radius 2 is 1.74 bits per heavy atom. The molecule has 0 spiro atoms. The molecule has 7 nitrogen and oxygen atoms in total. The number of nitrogens with one attached hydrogen (secondary N) is 1. The Balaban J connectivity index is 2.40. The summed E-state index contributed by atoms with van der Waals surface area (Å²) in [6, 6.07) is 10.1. The lowest BCUT2D eigenvalue weighted by Gasteiger charge is -2.31. The molecule has 0 fully saturated rings. The Kier molecular flexibility index (Phi) is 8.59. The van der Waals surface area contributed by atoms with E-state index >= 15 is 0 Å². The Labute approximate surface area is 196 Å². The van der Waals surface area contributed by atoms with Gasteiger partial charge in [0.1, 0.15) is 12.6 Å². The fourth-order valence-electron chi connectivity index (χ4n) is 2.87. The van der Waals surface area contributed by atoms with Gasteiger partial charge < -0.3 is 10.2 Å². The summed E-state index contributed by atoms with van der Waals surface area (Å²) in [5.41, 5.74) is 0.873. The number of nitrogens with zero attached hydrogens (tertiary/aromatic N) is 2. The van der Waals surface area contributed by atoms with Gasteiger partial charge in [-0.3, -0.25) is 13.9 Å². The Morgan fingerprint density at radius 1 is 1.06 bits per heavy atom. The molecule has 2 rings (SSSR count). The number of likely N-dealkylation sites (N-methyl/N-ethyl adjacent to an activating group) is 1. The molecule has 2 aromatic rings. The smallest absolute Gasteiger partial charge is 0.244 e. The number of rotatable bonds is 8. The molecule has 11 heteroatoms. The van der Waals surface area contributed by atoms with Gasteiger partial charge in [-0.15, -0.1) is 0 Å². The highest BCUT2D eigenvalue weighted by Gasteiger charge is 2.29. The predicted molar refractivity (Wildman–Crippen MR) is 124 cm³/mol. The van der Waals surface area contributed by atoms with Crippen molar-refractivity contribution < 1.29 is 18.0 Å². The van der Waals surface area contributed by atoms with Crippen molar-refractivity contribution in [3.05, 3.63) is 63.1 Å². The zero-order chi connectivity index (χ0) is 23.3. The van der Waals surface area contributed by atoms with E-state index in [-0.39, 0.29) is 12.2 Å². The normalized spacial score (nSPS) is 12.2. The van der Waals surface area contributed by atoms with E-state index in [0.29, 0.717) is 20.6 Å². The van der Waals surface area contributed by atoms with Crippen LogP contribution in [0.2, 0.25) is 15.1 Å². The first kappa shape index (κ1) is 25.3. The van der Waals surface area contributed by atoms with Gasteiger partial charge in [-0.25, -0.2) is 8.42 Å². The zero-order valence-electron chi connectivity index (χ0n) is 17.1. The molecular formula is C20H22Cl3N3O4S. The van der Waals surface area contributed by atoms with E-state index in [1.54, 1.807) is 37.3 Å². The van der Waals surface area contributed by atoms with Gasteiger partial charge in [0.05, 0.1) is 22.0 Å². The maximum absolute atomic E-state index is 13.2.